The number of aryl methyl sites for hydroxylation is 2. The summed E-state index contributed by atoms with van der Waals surface area (Å²) >= 11 is 0. The van der Waals surface area contributed by atoms with Crippen molar-refractivity contribution in [2.75, 3.05) is 5.32 Å². The lowest BCUT2D eigenvalue weighted by Gasteiger charge is -2.30. The largest absolute Gasteiger partial charge is 0.384 e. The van der Waals surface area contributed by atoms with Gasteiger partial charge in [0.2, 0.25) is 5.56 Å². The quantitative estimate of drug-likeness (QED) is 0.247. The molecule has 1 unspecified atom stereocenters. The van der Waals surface area contributed by atoms with Gasteiger partial charge < -0.3 is 15.0 Å². The SMILES string of the molecule is C#Cc1c(-c2ccc(=O)n(C)c2)cc2c(NC(C)c3cccc(C(F)(F)C(C)(C)O)c3F)nc(C)nc2c1F. The number of rotatable bonds is 6. The molecule has 10 heteroatoms. The summed E-state index contributed by atoms with van der Waals surface area (Å²) in [5, 5.41) is 13.1. The molecule has 1 atom stereocenters. The van der Waals surface area contributed by atoms with Gasteiger partial charge in [-0.2, -0.15) is 8.78 Å². The van der Waals surface area contributed by atoms with Crippen molar-refractivity contribution < 1.29 is 22.7 Å². The highest BCUT2D eigenvalue weighted by atomic mass is 19.3. The van der Waals surface area contributed by atoms with E-state index in [4.69, 9.17) is 6.42 Å². The number of nitrogens with zero attached hydrogens (tertiary/aromatic N) is 3. The molecule has 0 saturated carbocycles. The maximum atomic E-state index is 15.7. The van der Waals surface area contributed by atoms with Gasteiger partial charge in [-0.25, -0.2) is 18.7 Å². The van der Waals surface area contributed by atoms with Gasteiger partial charge in [-0.15, -0.1) is 6.42 Å². The maximum Gasteiger partial charge on any atom is 0.303 e. The summed E-state index contributed by atoms with van der Waals surface area (Å²) in [6, 6.07) is 7.02. The van der Waals surface area contributed by atoms with Gasteiger partial charge in [0.05, 0.1) is 17.2 Å². The number of hydrogen-bond donors (Lipinski definition) is 2. The van der Waals surface area contributed by atoms with Gasteiger partial charge in [-0.1, -0.05) is 18.1 Å². The summed E-state index contributed by atoms with van der Waals surface area (Å²) in [5.74, 6) is -3.17. The fraction of sp³-hybridized carbons (Fsp3) is 0.276. The third-order valence-corrected chi connectivity index (χ3v) is 6.54. The number of alkyl halides is 2. The molecule has 2 N–H and O–H groups in total. The predicted molar refractivity (Wildman–Crippen MR) is 141 cm³/mol. The molecular weight excluding hydrogens is 512 g/mol. The fourth-order valence-corrected chi connectivity index (χ4v) is 4.31. The molecule has 0 radical (unpaired) electrons. The molecule has 39 heavy (non-hydrogen) atoms. The van der Waals surface area contributed by atoms with E-state index < -0.39 is 34.8 Å². The summed E-state index contributed by atoms with van der Waals surface area (Å²) in [4.78, 5) is 20.4. The molecule has 4 rings (SSSR count). The van der Waals surface area contributed by atoms with E-state index in [0.717, 1.165) is 19.9 Å². The minimum Gasteiger partial charge on any atom is -0.384 e. The van der Waals surface area contributed by atoms with E-state index >= 15 is 8.78 Å². The standard InChI is InChI=1S/C29H26F4N4O2/c1-7-18-20(17-11-12-23(38)37(6)14-17)13-21-26(25(18)31)35-16(3)36-27(21)34-15(2)19-9-8-10-22(24(19)30)29(32,33)28(4,5)39/h1,8-15,39H,2-6H3,(H,34,35,36). The number of anilines is 1. The zero-order chi connectivity index (χ0) is 28.9. The Morgan fingerprint density at radius 2 is 1.82 bits per heavy atom. The molecule has 0 amide bonds. The van der Waals surface area contributed by atoms with Crippen LogP contribution in [0.25, 0.3) is 22.0 Å². The highest BCUT2D eigenvalue weighted by molar-refractivity contribution is 5.95. The Morgan fingerprint density at radius 1 is 1.13 bits per heavy atom. The van der Waals surface area contributed by atoms with Crippen LogP contribution in [0, 0.1) is 30.9 Å². The Bertz CT molecular complexity index is 1700. The van der Waals surface area contributed by atoms with Crippen LogP contribution in [-0.2, 0) is 13.0 Å². The first kappa shape index (κ1) is 27.8. The third kappa shape index (κ3) is 4.86. The molecule has 0 aliphatic heterocycles. The number of aromatic nitrogens is 3. The molecule has 0 bridgehead atoms. The topological polar surface area (TPSA) is 80.0 Å². The normalized spacial score (nSPS) is 12.8. The molecule has 0 aliphatic rings. The smallest absolute Gasteiger partial charge is 0.303 e. The van der Waals surface area contributed by atoms with Crippen molar-refractivity contribution in [1.29, 1.82) is 0 Å². The van der Waals surface area contributed by atoms with Crippen LogP contribution in [0.2, 0.25) is 0 Å². The number of aliphatic hydroxyl groups is 1. The van der Waals surface area contributed by atoms with Gasteiger partial charge >= 0.3 is 5.92 Å². The minimum absolute atomic E-state index is 0.0640. The molecule has 6 nitrogen and oxygen atoms in total. The van der Waals surface area contributed by atoms with E-state index in [-0.39, 0.29) is 39.2 Å². The monoisotopic (exact) mass is 538 g/mol. The third-order valence-electron chi connectivity index (χ3n) is 6.54. The summed E-state index contributed by atoms with van der Waals surface area (Å²) in [7, 11) is 1.55. The zero-order valence-corrected chi connectivity index (χ0v) is 21.9. The second kappa shape index (κ2) is 9.82. The fourth-order valence-electron chi connectivity index (χ4n) is 4.31. The van der Waals surface area contributed by atoms with Crippen LogP contribution in [0.1, 0.15) is 49.3 Å². The van der Waals surface area contributed by atoms with Crippen molar-refractivity contribution in [2.45, 2.75) is 45.3 Å². The van der Waals surface area contributed by atoms with Crippen LogP contribution in [-0.4, -0.2) is 25.2 Å². The number of nitrogens with one attached hydrogen (secondary N) is 1. The van der Waals surface area contributed by atoms with Crippen LogP contribution in [0.3, 0.4) is 0 Å². The van der Waals surface area contributed by atoms with Crippen LogP contribution in [0.4, 0.5) is 23.4 Å². The molecule has 0 saturated heterocycles. The number of halogens is 4. The van der Waals surface area contributed by atoms with Gasteiger partial charge in [0, 0.05) is 35.8 Å². The van der Waals surface area contributed by atoms with Gasteiger partial charge in [0.15, 0.2) is 5.82 Å². The first-order valence-electron chi connectivity index (χ1n) is 12.0. The Labute approximate surface area is 222 Å². The summed E-state index contributed by atoms with van der Waals surface area (Å²) in [6.07, 6.45) is 7.15. The number of terminal acetylenes is 1. The Balaban J connectivity index is 1.87. The minimum atomic E-state index is -3.87. The Morgan fingerprint density at radius 3 is 2.44 bits per heavy atom. The number of fused-ring (bicyclic) bond motifs is 1. The molecule has 2 aromatic heterocycles. The van der Waals surface area contributed by atoms with Gasteiger partial charge in [-0.05, 0) is 51.5 Å². The molecule has 2 heterocycles. The van der Waals surface area contributed by atoms with Gasteiger partial charge in [0.1, 0.15) is 28.6 Å². The maximum absolute atomic E-state index is 15.7. The van der Waals surface area contributed by atoms with Crippen molar-refractivity contribution in [2.24, 2.45) is 7.05 Å². The highest BCUT2D eigenvalue weighted by Gasteiger charge is 2.49. The van der Waals surface area contributed by atoms with Crippen molar-refractivity contribution in [3.05, 3.63) is 87.1 Å². The average molecular weight is 539 g/mol. The first-order chi connectivity index (χ1) is 18.2. The average Bonchev–Trinajstić information content (AvgIpc) is 2.85. The van der Waals surface area contributed by atoms with E-state index in [9.17, 15) is 18.7 Å². The first-order valence-corrected chi connectivity index (χ1v) is 12.0. The van der Waals surface area contributed by atoms with Crippen molar-refractivity contribution in [1.82, 2.24) is 14.5 Å². The van der Waals surface area contributed by atoms with Crippen LogP contribution >= 0.6 is 0 Å². The molecule has 4 aromatic rings. The molecule has 0 aliphatic carbocycles. The van der Waals surface area contributed by atoms with E-state index in [0.29, 0.717) is 11.1 Å². The van der Waals surface area contributed by atoms with E-state index in [1.807, 2.05) is 0 Å². The Hall–Kier alpha value is -4.23. The molecular formula is C29H26F4N4O2. The number of hydrogen-bond acceptors (Lipinski definition) is 5. The van der Waals surface area contributed by atoms with E-state index in [1.165, 1.54) is 48.9 Å². The van der Waals surface area contributed by atoms with Gasteiger partial charge in [-0.3, -0.25) is 4.79 Å². The summed E-state index contributed by atoms with van der Waals surface area (Å²) < 4.78 is 62.0. The summed E-state index contributed by atoms with van der Waals surface area (Å²) in [6.45, 7) is 4.87. The molecule has 2 aromatic carbocycles. The lowest BCUT2D eigenvalue weighted by Crippen LogP contribution is -2.41. The Kier molecular flexibility index (Phi) is 7.00. The zero-order valence-electron chi connectivity index (χ0n) is 21.9. The number of pyridine rings is 1. The summed E-state index contributed by atoms with van der Waals surface area (Å²) in [5.41, 5.74) is -3.21. The van der Waals surface area contributed by atoms with Crippen molar-refractivity contribution in [3.8, 4) is 23.5 Å². The lowest BCUT2D eigenvalue weighted by molar-refractivity contribution is -0.170. The van der Waals surface area contributed by atoms with E-state index in [2.05, 4.69) is 21.2 Å². The van der Waals surface area contributed by atoms with Crippen molar-refractivity contribution in [3.63, 3.8) is 0 Å². The second-order valence-corrected chi connectivity index (χ2v) is 9.85. The van der Waals surface area contributed by atoms with E-state index in [1.54, 1.807) is 13.1 Å². The van der Waals surface area contributed by atoms with Crippen LogP contribution in [0.15, 0.2) is 47.4 Å². The molecule has 0 spiro atoms. The predicted octanol–water partition coefficient (Wildman–Crippen LogP) is 5.60. The van der Waals surface area contributed by atoms with Gasteiger partial charge in [0.25, 0.3) is 0 Å². The number of benzene rings is 2. The second-order valence-electron chi connectivity index (χ2n) is 9.85. The van der Waals surface area contributed by atoms with Crippen LogP contribution < -0.4 is 10.9 Å². The lowest BCUT2D eigenvalue weighted by atomic mass is 9.91. The molecule has 0 fully saturated rings. The van der Waals surface area contributed by atoms with Crippen molar-refractivity contribution >= 4 is 16.7 Å². The highest BCUT2D eigenvalue weighted by Crippen LogP contribution is 2.41. The van der Waals surface area contributed by atoms with Crippen LogP contribution in [0.5, 0.6) is 0 Å². The molecule has 202 valence electrons.